The molecule has 0 radical (unpaired) electrons. The largest absolute Gasteiger partial charge is 0.494 e. The number of carboxylic acids is 1. The molecule has 0 saturated heterocycles. The van der Waals surface area contributed by atoms with Gasteiger partial charge in [0.25, 0.3) is 0 Å². The number of ether oxygens (including phenoxy) is 1. The number of hydrogen-bond acceptors (Lipinski definition) is 2. The Bertz CT molecular complexity index is 870. The highest BCUT2D eigenvalue weighted by Crippen LogP contribution is 2.33. The molecule has 1 aromatic heterocycles. The van der Waals surface area contributed by atoms with Crippen molar-refractivity contribution in [1.82, 2.24) is 4.98 Å². The minimum absolute atomic E-state index is 0.0371. The van der Waals surface area contributed by atoms with Gasteiger partial charge in [0, 0.05) is 20.9 Å². The molecule has 0 aliphatic carbocycles. The molecule has 118 valence electrons. The van der Waals surface area contributed by atoms with Crippen LogP contribution >= 0.6 is 15.9 Å². The fourth-order valence-corrected chi connectivity index (χ4v) is 3.07. The summed E-state index contributed by atoms with van der Waals surface area (Å²) in [6.07, 6.45) is -0.0371. The number of aromatic nitrogens is 1. The summed E-state index contributed by atoms with van der Waals surface area (Å²) in [7, 11) is 0. The molecule has 23 heavy (non-hydrogen) atoms. The quantitative estimate of drug-likeness (QED) is 0.685. The van der Waals surface area contributed by atoms with Crippen LogP contribution in [0.3, 0.4) is 0 Å². The maximum atomic E-state index is 11.3. The van der Waals surface area contributed by atoms with Crippen LogP contribution in [0.5, 0.6) is 5.75 Å². The molecule has 0 amide bonds. The summed E-state index contributed by atoms with van der Waals surface area (Å²) in [5.41, 5.74) is 3.44. The molecule has 0 atom stereocenters. The number of carboxylic acid groups (broad SMARTS) is 1. The van der Waals surface area contributed by atoms with Crippen LogP contribution in [-0.4, -0.2) is 22.7 Å². The van der Waals surface area contributed by atoms with Gasteiger partial charge in [-0.15, -0.1) is 0 Å². The summed E-state index contributed by atoms with van der Waals surface area (Å²) in [6, 6.07) is 13.5. The van der Waals surface area contributed by atoms with E-state index >= 15 is 0 Å². The van der Waals surface area contributed by atoms with E-state index in [0.717, 1.165) is 37.9 Å². The van der Waals surface area contributed by atoms with Gasteiger partial charge < -0.3 is 14.8 Å². The first kappa shape index (κ1) is 15.6. The molecule has 3 aromatic rings. The fraction of sp³-hybridized carbons (Fsp3) is 0.167. The Labute approximate surface area is 142 Å². The lowest BCUT2D eigenvalue weighted by Crippen LogP contribution is -2.01. The van der Waals surface area contributed by atoms with Gasteiger partial charge in [0.2, 0.25) is 0 Å². The van der Waals surface area contributed by atoms with Crippen molar-refractivity contribution in [2.24, 2.45) is 0 Å². The summed E-state index contributed by atoms with van der Waals surface area (Å²) in [4.78, 5) is 14.6. The topological polar surface area (TPSA) is 62.3 Å². The molecule has 0 aliphatic heterocycles. The Hall–Kier alpha value is -2.27. The van der Waals surface area contributed by atoms with Crippen LogP contribution < -0.4 is 4.74 Å². The number of halogens is 1. The molecule has 0 fully saturated rings. The first-order valence-corrected chi connectivity index (χ1v) is 8.13. The van der Waals surface area contributed by atoms with Gasteiger partial charge in [-0.1, -0.05) is 28.1 Å². The highest BCUT2D eigenvalue weighted by Gasteiger charge is 2.16. The average Bonchev–Trinajstić information content (AvgIpc) is 2.85. The molecule has 2 aromatic carbocycles. The van der Waals surface area contributed by atoms with Gasteiger partial charge in [0.05, 0.1) is 18.7 Å². The zero-order valence-electron chi connectivity index (χ0n) is 12.6. The van der Waals surface area contributed by atoms with E-state index in [1.165, 1.54) is 0 Å². The number of rotatable bonds is 5. The molecule has 0 spiro atoms. The van der Waals surface area contributed by atoms with E-state index in [2.05, 4.69) is 20.9 Å². The maximum Gasteiger partial charge on any atom is 0.307 e. The number of hydrogen-bond donors (Lipinski definition) is 2. The number of aliphatic carboxylic acids is 1. The second-order valence-electron chi connectivity index (χ2n) is 5.20. The van der Waals surface area contributed by atoms with Crippen molar-refractivity contribution >= 4 is 32.8 Å². The third-order valence-corrected chi connectivity index (χ3v) is 4.12. The van der Waals surface area contributed by atoms with Crippen LogP contribution in [0.15, 0.2) is 46.9 Å². The Morgan fingerprint density at radius 1 is 1.26 bits per heavy atom. The van der Waals surface area contributed by atoms with Crippen molar-refractivity contribution in [3.8, 4) is 17.0 Å². The second kappa shape index (κ2) is 6.46. The normalized spacial score (nSPS) is 10.9. The number of aromatic amines is 1. The number of H-pyrrole nitrogens is 1. The van der Waals surface area contributed by atoms with Crippen molar-refractivity contribution in [3.05, 3.63) is 52.5 Å². The van der Waals surface area contributed by atoms with Gasteiger partial charge in [-0.2, -0.15) is 0 Å². The van der Waals surface area contributed by atoms with Gasteiger partial charge in [0.1, 0.15) is 5.75 Å². The monoisotopic (exact) mass is 373 g/mol. The van der Waals surface area contributed by atoms with Crippen LogP contribution in [0.2, 0.25) is 0 Å². The first-order chi connectivity index (χ1) is 11.1. The van der Waals surface area contributed by atoms with Gasteiger partial charge in [-0.25, -0.2) is 0 Å². The van der Waals surface area contributed by atoms with Crippen molar-refractivity contribution < 1.29 is 14.6 Å². The lowest BCUT2D eigenvalue weighted by molar-refractivity contribution is -0.136. The molecule has 0 bridgehead atoms. The van der Waals surface area contributed by atoms with E-state index < -0.39 is 5.97 Å². The molecular weight excluding hydrogens is 358 g/mol. The Kier molecular flexibility index (Phi) is 4.39. The van der Waals surface area contributed by atoms with Crippen LogP contribution in [0.25, 0.3) is 22.2 Å². The van der Waals surface area contributed by atoms with Gasteiger partial charge in [-0.3, -0.25) is 4.79 Å². The molecule has 0 aliphatic rings. The summed E-state index contributed by atoms with van der Waals surface area (Å²) in [5.74, 6) is -0.0841. The summed E-state index contributed by atoms with van der Waals surface area (Å²) < 4.78 is 6.47. The van der Waals surface area contributed by atoms with E-state index in [4.69, 9.17) is 4.74 Å². The zero-order chi connectivity index (χ0) is 16.4. The summed E-state index contributed by atoms with van der Waals surface area (Å²) in [5, 5.41) is 10.2. The third-order valence-electron chi connectivity index (χ3n) is 3.63. The number of nitrogens with one attached hydrogen (secondary N) is 1. The molecule has 2 N–H and O–H groups in total. The van der Waals surface area contributed by atoms with E-state index in [-0.39, 0.29) is 6.42 Å². The Morgan fingerprint density at radius 3 is 2.83 bits per heavy atom. The van der Waals surface area contributed by atoms with Crippen molar-refractivity contribution in [1.29, 1.82) is 0 Å². The molecule has 0 saturated carbocycles. The zero-order valence-corrected chi connectivity index (χ0v) is 14.2. The number of benzene rings is 2. The minimum atomic E-state index is -0.854. The predicted octanol–water partition coefficient (Wildman–Crippen LogP) is 4.62. The lowest BCUT2D eigenvalue weighted by atomic mass is 10.0. The average molecular weight is 374 g/mol. The van der Waals surface area contributed by atoms with Gasteiger partial charge in [-0.05, 0) is 42.8 Å². The van der Waals surface area contributed by atoms with Crippen molar-refractivity contribution in [2.75, 3.05) is 6.61 Å². The van der Waals surface area contributed by atoms with Crippen molar-refractivity contribution in [2.45, 2.75) is 13.3 Å². The highest BCUT2D eigenvalue weighted by molar-refractivity contribution is 9.10. The van der Waals surface area contributed by atoms with E-state index in [0.29, 0.717) is 6.61 Å². The number of carbonyl (C=O) groups is 1. The second-order valence-corrected chi connectivity index (χ2v) is 6.12. The molecule has 0 unspecified atom stereocenters. The molecule has 4 nitrogen and oxygen atoms in total. The predicted molar refractivity (Wildman–Crippen MR) is 93.9 cm³/mol. The van der Waals surface area contributed by atoms with Gasteiger partial charge >= 0.3 is 5.97 Å². The van der Waals surface area contributed by atoms with Gasteiger partial charge in [0.15, 0.2) is 0 Å². The fourth-order valence-electron chi connectivity index (χ4n) is 2.71. The third kappa shape index (κ3) is 3.24. The molecule has 3 rings (SSSR count). The van der Waals surface area contributed by atoms with Crippen LogP contribution in [0.1, 0.15) is 12.5 Å². The Morgan fingerprint density at radius 2 is 2.09 bits per heavy atom. The smallest absolute Gasteiger partial charge is 0.307 e. The number of fused-ring (bicyclic) bond motifs is 1. The summed E-state index contributed by atoms with van der Waals surface area (Å²) >= 11 is 3.45. The van der Waals surface area contributed by atoms with E-state index in [1.54, 1.807) is 0 Å². The SMILES string of the molecule is CCOc1cccc(-c2[nH]c3ccc(Br)cc3c2CC(=O)O)c1. The molecule has 5 heteroatoms. The van der Waals surface area contributed by atoms with Crippen LogP contribution in [0, 0.1) is 0 Å². The standard InChI is InChI=1S/C18H16BrNO3/c1-2-23-13-5-3-4-11(8-13)18-15(10-17(21)22)14-9-12(19)6-7-16(14)20-18/h3-9,20H,2,10H2,1H3,(H,21,22). The van der Waals surface area contributed by atoms with E-state index in [9.17, 15) is 9.90 Å². The Balaban J connectivity index is 2.19. The molecule has 1 heterocycles. The van der Waals surface area contributed by atoms with Crippen LogP contribution in [0.4, 0.5) is 0 Å². The summed E-state index contributed by atoms with van der Waals surface area (Å²) in [6.45, 7) is 2.52. The maximum absolute atomic E-state index is 11.3. The highest BCUT2D eigenvalue weighted by atomic mass is 79.9. The van der Waals surface area contributed by atoms with Crippen molar-refractivity contribution in [3.63, 3.8) is 0 Å². The first-order valence-electron chi connectivity index (χ1n) is 7.33. The minimum Gasteiger partial charge on any atom is -0.494 e. The molecular formula is C18H16BrNO3. The van der Waals surface area contributed by atoms with E-state index in [1.807, 2.05) is 49.4 Å². The lowest BCUT2D eigenvalue weighted by Gasteiger charge is -2.07. The van der Waals surface area contributed by atoms with Crippen LogP contribution in [-0.2, 0) is 11.2 Å².